The van der Waals surface area contributed by atoms with Crippen LogP contribution < -0.4 is 11.1 Å². The lowest BCUT2D eigenvalue weighted by atomic mass is 9.94. The topological polar surface area (TPSA) is 95.6 Å². The van der Waals surface area contributed by atoms with E-state index >= 15 is 0 Å². The molecule has 5 N–H and O–H groups in total. The Hall–Kier alpha value is -1.79. The Morgan fingerprint density at radius 2 is 1.62 bits per heavy atom. The summed E-state index contributed by atoms with van der Waals surface area (Å²) in [7, 11) is 0. The molecule has 0 aliphatic heterocycles. The third-order valence-corrected chi connectivity index (χ3v) is 6.31. The maximum absolute atomic E-state index is 10.9. The zero-order chi connectivity index (χ0) is 23.3. The molecule has 32 heavy (non-hydrogen) atoms. The van der Waals surface area contributed by atoms with E-state index in [0.29, 0.717) is 40.2 Å². The van der Waals surface area contributed by atoms with Crippen LogP contribution in [0.25, 0.3) is 0 Å². The molecule has 0 radical (unpaired) electrons. The van der Waals surface area contributed by atoms with Gasteiger partial charge in [0, 0.05) is 13.0 Å². The normalized spacial score (nSPS) is 13.1. The highest BCUT2D eigenvalue weighted by Crippen LogP contribution is 2.31. The smallest absolute Gasteiger partial charge is 0.303 e. The fourth-order valence-electron chi connectivity index (χ4n) is 3.81. The number of carbonyl (C=O) groups is 1. The van der Waals surface area contributed by atoms with E-state index in [0.717, 1.165) is 45.1 Å². The van der Waals surface area contributed by atoms with Crippen LogP contribution in [0.5, 0.6) is 0 Å². The van der Waals surface area contributed by atoms with Crippen molar-refractivity contribution >= 4 is 34.9 Å². The maximum Gasteiger partial charge on any atom is 0.303 e. The second-order valence-electron chi connectivity index (χ2n) is 8.31. The highest BCUT2D eigenvalue weighted by Gasteiger charge is 2.14. The highest BCUT2D eigenvalue weighted by atomic mass is 35.5. The van der Waals surface area contributed by atoms with Crippen molar-refractivity contribution in [2.24, 2.45) is 5.92 Å². The maximum atomic E-state index is 10.9. The molecule has 0 bridgehead atoms. The number of unbranched alkanes of at least 4 members (excludes halogenated alkanes) is 2. The van der Waals surface area contributed by atoms with Crippen LogP contribution in [0.3, 0.4) is 0 Å². The number of nitrogens with two attached hydrogens (primary N) is 1. The van der Waals surface area contributed by atoms with Crippen LogP contribution in [0.1, 0.15) is 62.2 Å². The Kier molecular flexibility index (Phi) is 11.9. The van der Waals surface area contributed by atoms with Crippen LogP contribution in [0.4, 0.5) is 5.69 Å². The summed E-state index contributed by atoms with van der Waals surface area (Å²) in [5, 5.41) is 23.4. The molecule has 2 rings (SSSR count). The first-order valence-electron chi connectivity index (χ1n) is 11.3. The summed E-state index contributed by atoms with van der Waals surface area (Å²) in [5.74, 6) is -0.385. The van der Waals surface area contributed by atoms with Crippen molar-refractivity contribution in [2.45, 2.75) is 57.5 Å². The van der Waals surface area contributed by atoms with Gasteiger partial charge in [-0.05, 0) is 67.8 Å². The van der Waals surface area contributed by atoms with E-state index in [9.17, 15) is 9.90 Å². The number of hydrogen-bond donors (Lipinski definition) is 4. The van der Waals surface area contributed by atoms with Gasteiger partial charge in [0.25, 0.3) is 0 Å². The summed E-state index contributed by atoms with van der Waals surface area (Å²) in [6.45, 7) is 1.09. The van der Waals surface area contributed by atoms with Gasteiger partial charge >= 0.3 is 5.97 Å². The van der Waals surface area contributed by atoms with E-state index in [1.807, 2.05) is 6.07 Å². The van der Waals surface area contributed by atoms with Gasteiger partial charge in [-0.2, -0.15) is 0 Å². The molecule has 2 unspecified atom stereocenters. The van der Waals surface area contributed by atoms with Crippen LogP contribution >= 0.6 is 23.2 Å². The fourth-order valence-corrected chi connectivity index (χ4v) is 4.32. The largest absolute Gasteiger partial charge is 0.481 e. The molecule has 7 heteroatoms. The Labute approximate surface area is 200 Å². The molecular formula is C25H34Cl2N2O3. The standard InChI is InChI=1S/C25H34Cl2N2O3/c26-21-14-20(15-22(27)25(21)28)23(30)17-29-16-19(12-7-13-24(31)32)11-6-2-5-10-18-8-3-1-4-9-18/h1,3-4,8-9,14-15,19,23,29-30H,2,5-7,10-13,16-17,28H2,(H,31,32). The molecule has 2 aromatic carbocycles. The fraction of sp³-hybridized carbons (Fsp3) is 0.480. The van der Waals surface area contributed by atoms with Crippen molar-refractivity contribution in [1.29, 1.82) is 0 Å². The minimum Gasteiger partial charge on any atom is -0.481 e. The van der Waals surface area contributed by atoms with Crippen LogP contribution in [0.15, 0.2) is 42.5 Å². The number of halogens is 2. The first-order chi connectivity index (χ1) is 15.4. The molecule has 0 amide bonds. The first kappa shape index (κ1) is 26.5. The molecule has 2 atom stereocenters. The van der Waals surface area contributed by atoms with Gasteiger partial charge in [0.1, 0.15) is 0 Å². The van der Waals surface area contributed by atoms with Gasteiger partial charge in [-0.25, -0.2) is 0 Å². The number of anilines is 1. The number of carboxylic acid groups (broad SMARTS) is 1. The Morgan fingerprint density at radius 3 is 2.28 bits per heavy atom. The van der Waals surface area contributed by atoms with E-state index < -0.39 is 12.1 Å². The molecule has 0 aliphatic rings. The SMILES string of the molecule is Nc1c(Cl)cc(C(O)CNCC(CCCCCc2ccccc2)CCCC(=O)O)cc1Cl. The lowest BCUT2D eigenvalue weighted by Crippen LogP contribution is -2.27. The van der Waals surface area contributed by atoms with Crippen molar-refractivity contribution in [1.82, 2.24) is 5.32 Å². The Morgan fingerprint density at radius 1 is 0.969 bits per heavy atom. The van der Waals surface area contributed by atoms with Crippen molar-refractivity contribution in [3.8, 4) is 0 Å². The third kappa shape index (κ3) is 9.78. The summed E-state index contributed by atoms with van der Waals surface area (Å²) in [4.78, 5) is 10.9. The minimum atomic E-state index is -0.757. The summed E-state index contributed by atoms with van der Waals surface area (Å²) in [6, 6.07) is 13.8. The average Bonchev–Trinajstić information content (AvgIpc) is 2.76. The molecule has 0 aliphatic carbocycles. The van der Waals surface area contributed by atoms with E-state index in [1.54, 1.807) is 12.1 Å². The highest BCUT2D eigenvalue weighted by molar-refractivity contribution is 6.38. The zero-order valence-electron chi connectivity index (χ0n) is 18.4. The summed E-state index contributed by atoms with van der Waals surface area (Å²) < 4.78 is 0. The number of aliphatic carboxylic acids is 1. The van der Waals surface area contributed by atoms with Crippen molar-refractivity contribution in [3.05, 3.63) is 63.6 Å². The molecule has 0 heterocycles. The second kappa shape index (κ2) is 14.4. The van der Waals surface area contributed by atoms with Gasteiger partial charge in [-0.1, -0.05) is 66.4 Å². The second-order valence-corrected chi connectivity index (χ2v) is 9.12. The number of rotatable bonds is 15. The van der Waals surface area contributed by atoms with Crippen molar-refractivity contribution < 1.29 is 15.0 Å². The Bertz CT molecular complexity index is 810. The lowest BCUT2D eigenvalue weighted by Gasteiger charge is -2.19. The zero-order valence-corrected chi connectivity index (χ0v) is 19.9. The van der Waals surface area contributed by atoms with Crippen LogP contribution in [-0.4, -0.2) is 29.3 Å². The molecular weight excluding hydrogens is 447 g/mol. The third-order valence-electron chi connectivity index (χ3n) is 5.68. The van der Waals surface area contributed by atoms with Gasteiger partial charge in [0.15, 0.2) is 0 Å². The monoisotopic (exact) mass is 480 g/mol. The predicted octanol–water partition coefficient (Wildman–Crippen LogP) is 5.87. The molecule has 176 valence electrons. The molecule has 0 aromatic heterocycles. The summed E-state index contributed by atoms with van der Waals surface area (Å²) in [6.07, 6.45) is 6.49. The lowest BCUT2D eigenvalue weighted by molar-refractivity contribution is -0.137. The van der Waals surface area contributed by atoms with Crippen LogP contribution in [0, 0.1) is 5.92 Å². The molecule has 2 aromatic rings. The van der Waals surface area contributed by atoms with E-state index in [-0.39, 0.29) is 6.42 Å². The molecule has 0 saturated carbocycles. The van der Waals surface area contributed by atoms with Crippen LogP contribution in [0.2, 0.25) is 10.0 Å². The van der Waals surface area contributed by atoms with Crippen LogP contribution in [-0.2, 0) is 11.2 Å². The van der Waals surface area contributed by atoms with E-state index in [2.05, 4.69) is 29.6 Å². The van der Waals surface area contributed by atoms with Gasteiger partial charge in [0.05, 0.1) is 21.8 Å². The first-order valence-corrected chi connectivity index (χ1v) is 12.0. The van der Waals surface area contributed by atoms with Gasteiger partial charge < -0.3 is 21.3 Å². The number of nitrogen functional groups attached to an aromatic ring is 1. The number of aliphatic hydroxyl groups excluding tert-OH is 1. The number of nitrogens with one attached hydrogen (secondary N) is 1. The summed E-state index contributed by atoms with van der Waals surface area (Å²) >= 11 is 12.1. The van der Waals surface area contributed by atoms with Gasteiger partial charge in [0.2, 0.25) is 0 Å². The summed E-state index contributed by atoms with van der Waals surface area (Å²) in [5.41, 5.74) is 8.05. The van der Waals surface area contributed by atoms with Crippen molar-refractivity contribution in [2.75, 3.05) is 18.8 Å². The van der Waals surface area contributed by atoms with E-state index in [4.69, 9.17) is 34.0 Å². The number of aliphatic hydroxyl groups is 1. The number of carboxylic acids is 1. The van der Waals surface area contributed by atoms with Gasteiger partial charge in [-0.15, -0.1) is 0 Å². The molecule has 0 spiro atoms. The Balaban J connectivity index is 1.76. The molecule has 0 fully saturated rings. The predicted molar refractivity (Wildman–Crippen MR) is 132 cm³/mol. The van der Waals surface area contributed by atoms with E-state index in [1.165, 1.54) is 5.56 Å². The number of benzene rings is 2. The minimum absolute atomic E-state index is 0.190. The molecule has 0 saturated heterocycles. The number of hydrogen-bond acceptors (Lipinski definition) is 4. The average molecular weight is 481 g/mol. The number of aryl methyl sites for hydroxylation is 1. The van der Waals surface area contributed by atoms with Crippen molar-refractivity contribution in [3.63, 3.8) is 0 Å². The molecule has 5 nitrogen and oxygen atoms in total. The van der Waals surface area contributed by atoms with Gasteiger partial charge in [-0.3, -0.25) is 4.79 Å². The quantitative estimate of drug-likeness (QED) is 0.188.